The lowest BCUT2D eigenvalue weighted by molar-refractivity contribution is 0.257. The first kappa shape index (κ1) is 14.9. The van der Waals surface area contributed by atoms with Crippen LogP contribution in [-0.2, 0) is 10.0 Å². The van der Waals surface area contributed by atoms with E-state index in [0.717, 1.165) is 12.8 Å². The summed E-state index contributed by atoms with van der Waals surface area (Å²) < 4.78 is 26.4. The smallest absolute Gasteiger partial charge is 0.211 e. The maximum absolute atomic E-state index is 11.8. The molecule has 0 saturated heterocycles. The molecule has 0 aliphatic heterocycles. The third-order valence-electron chi connectivity index (χ3n) is 3.35. The van der Waals surface area contributed by atoms with Crippen LogP contribution in [0.4, 0.5) is 0 Å². The second-order valence-electron chi connectivity index (χ2n) is 5.48. The molecule has 1 saturated carbocycles. The van der Waals surface area contributed by atoms with Crippen molar-refractivity contribution in [3.05, 3.63) is 0 Å². The maximum Gasteiger partial charge on any atom is 0.211 e. The molecule has 2 N–H and O–H groups in total. The third-order valence-corrected chi connectivity index (χ3v) is 4.86. The standard InChI is InChI=1S/C12H25NO3S/c1-10-7-11(2)9-12(8-10)13-17(15,16)6-4-3-5-14/h10-14H,3-9H2,1-2H3. The van der Waals surface area contributed by atoms with Gasteiger partial charge in [0.15, 0.2) is 0 Å². The van der Waals surface area contributed by atoms with Crippen molar-refractivity contribution in [3.63, 3.8) is 0 Å². The van der Waals surface area contributed by atoms with E-state index in [1.165, 1.54) is 6.42 Å². The summed E-state index contributed by atoms with van der Waals surface area (Å²) in [6.45, 7) is 4.43. The van der Waals surface area contributed by atoms with Gasteiger partial charge in [0.25, 0.3) is 0 Å². The molecule has 0 heterocycles. The Kier molecular flexibility index (Phi) is 5.89. The van der Waals surface area contributed by atoms with E-state index in [4.69, 9.17) is 5.11 Å². The highest BCUT2D eigenvalue weighted by Crippen LogP contribution is 2.28. The second kappa shape index (κ2) is 6.71. The highest BCUT2D eigenvalue weighted by Gasteiger charge is 2.26. The molecule has 102 valence electrons. The number of rotatable bonds is 6. The maximum atomic E-state index is 11.8. The first-order valence-electron chi connectivity index (χ1n) is 6.54. The van der Waals surface area contributed by atoms with E-state index in [9.17, 15) is 8.42 Å². The normalized spacial score (nSPS) is 30.4. The number of aliphatic hydroxyl groups excluding tert-OH is 1. The van der Waals surface area contributed by atoms with Gasteiger partial charge in [0, 0.05) is 12.6 Å². The fourth-order valence-corrected chi connectivity index (χ4v) is 4.16. The van der Waals surface area contributed by atoms with Crippen LogP contribution in [0.1, 0.15) is 46.0 Å². The lowest BCUT2D eigenvalue weighted by Gasteiger charge is -2.31. The van der Waals surface area contributed by atoms with E-state index in [-0.39, 0.29) is 18.4 Å². The first-order chi connectivity index (χ1) is 7.93. The number of hydrogen-bond donors (Lipinski definition) is 2. The molecule has 0 aromatic carbocycles. The molecule has 0 bridgehead atoms. The summed E-state index contributed by atoms with van der Waals surface area (Å²) in [5.41, 5.74) is 0. The monoisotopic (exact) mass is 263 g/mol. The van der Waals surface area contributed by atoms with Gasteiger partial charge in [-0.1, -0.05) is 13.8 Å². The predicted molar refractivity (Wildman–Crippen MR) is 69.2 cm³/mol. The molecule has 1 aliphatic rings. The number of nitrogens with one attached hydrogen (secondary N) is 1. The largest absolute Gasteiger partial charge is 0.396 e. The van der Waals surface area contributed by atoms with E-state index >= 15 is 0 Å². The zero-order valence-electron chi connectivity index (χ0n) is 10.9. The Morgan fingerprint density at radius 2 is 1.71 bits per heavy atom. The number of hydrogen-bond acceptors (Lipinski definition) is 3. The molecular formula is C12H25NO3S. The Morgan fingerprint density at radius 3 is 2.24 bits per heavy atom. The molecule has 0 amide bonds. The van der Waals surface area contributed by atoms with Gasteiger partial charge < -0.3 is 5.11 Å². The molecular weight excluding hydrogens is 238 g/mol. The van der Waals surface area contributed by atoms with E-state index in [2.05, 4.69) is 18.6 Å². The average Bonchev–Trinajstić information content (AvgIpc) is 2.14. The van der Waals surface area contributed by atoms with Crippen LogP contribution in [0.2, 0.25) is 0 Å². The quantitative estimate of drug-likeness (QED) is 0.714. The zero-order valence-corrected chi connectivity index (χ0v) is 11.7. The van der Waals surface area contributed by atoms with Crippen molar-refractivity contribution < 1.29 is 13.5 Å². The molecule has 1 rings (SSSR count). The number of sulfonamides is 1. The molecule has 1 aliphatic carbocycles. The van der Waals surface area contributed by atoms with Crippen molar-refractivity contribution >= 4 is 10.0 Å². The number of aliphatic hydroxyl groups is 1. The average molecular weight is 263 g/mol. The van der Waals surface area contributed by atoms with Crippen LogP contribution in [0.3, 0.4) is 0 Å². The van der Waals surface area contributed by atoms with Crippen molar-refractivity contribution in [1.82, 2.24) is 4.72 Å². The molecule has 17 heavy (non-hydrogen) atoms. The van der Waals surface area contributed by atoms with Crippen LogP contribution in [-0.4, -0.2) is 31.9 Å². The topological polar surface area (TPSA) is 66.4 Å². The van der Waals surface area contributed by atoms with Crippen molar-refractivity contribution in [2.75, 3.05) is 12.4 Å². The molecule has 4 nitrogen and oxygen atoms in total. The van der Waals surface area contributed by atoms with Crippen molar-refractivity contribution in [2.24, 2.45) is 11.8 Å². The van der Waals surface area contributed by atoms with Gasteiger partial charge in [-0.05, 0) is 43.9 Å². The highest BCUT2D eigenvalue weighted by atomic mass is 32.2. The lowest BCUT2D eigenvalue weighted by atomic mass is 9.81. The molecule has 0 aromatic rings. The van der Waals surface area contributed by atoms with Crippen LogP contribution in [0.25, 0.3) is 0 Å². The summed E-state index contributed by atoms with van der Waals surface area (Å²) in [7, 11) is -3.16. The van der Waals surface area contributed by atoms with Gasteiger partial charge in [-0.3, -0.25) is 0 Å². The third kappa shape index (κ3) is 5.84. The molecule has 0 spiro atoms. The highest BCUT2D eigenvalue weighted by molar-refractivity contribution is 7.89. The summed E-state index contributed by atoms with van der Waals surface area (Å²) in [5, 5.41) is 8.64. The van der Waals surface area contributed by atoms with Gasteiger partial charge in [0.2, 0.25) is 10.0 Å². The summed E-state index contributed by atoms with van der Waals surface area (Å²) in [5.74, 6) is 1.33. The Balaban J connectivity index is 2.41. The Bertz CT molecular complexity index is 306. The van der Waals surface area contributed by atoms with Gasteiger partial charge in [0.05, 0.1) is 5.75 Å². The Morgan fingerprint density at radius 1 is 1.12 bits per heavy atom. The van der Waals surface area contributed by atoms with Crippen LogP contribution in [0, 0.1) is 11.8 Å². The van der Waals surface area contributed by atoms with Gasteiger partial charge in [-0.15, -0.1) is 0 Å². The minimum atomic E-state index is -3.16. The van der Waals surface area contributed by atoms with E-state index in [0.29, 0.717) is 24.7 Å². The van der Waals surface area contributed by atoms with Crippen molar-refractivity contribution in [2.45, 2.75) is 52.0 Å². The van der Waals surface area contributed by atoms with Crippen molar-refractivity contribution in [1.29, 1.82) is 0 Å². The van der Waals surface area contributed by atoms with E-state index in [1.807, 2.05) is 0 Å². The molecule has 0 aromatic heterocycles. The van der Waals surface area contributed by atoms with Gasteiger partial charge in [-0.2, -0.15) is 0 Å². The van der Waals surface area contributed by atoms with Crippen LogP contribution in [0.15, 0.2) is 0 Å². The Labute approximate surface area is 105 Å². The van der Waals surface area contributed by atoms with Gasteiger partial charge >= 0.3 is 0 Å². The minimum Gasteiger partial charge on any atom is -0.396 e. The predicted octanol–water partition coefficient (Wildman–Crippen LogP) is 1.50. The second-order valence-corrected chi connectivity index (χ2v) is 7.36. The fourth-order valence-electron chi connectivity index (χ4n) is 2.76. The SMILES string of the molecule is CC1CC(C)CC(NS(=O)(=O)CCCCO)C1. The first-order valence-corrected chi connectivity index (χ1v) is 8.19. The van der Waals surface area contributed by atoms with Gasteiger partial charge in [0.1, 0.15) is 0 Å². The summed E-state index contributed by atoms with van der Waals surface area (Å²) in [6, 6.07) is 0.105. The summed E-state index contributed by atoms with van der Waals surface area (Å²) >= 11 is 0. The lowest BCUT2D eigenvalue weighted by Crippen LogP contribution is -2.41. The molecule has 1 fully saturated rings. The minimum absolute atomic E-state index is 0.0625. The molecule has 2 atom stereocenters. The van der Waals surface area contributed by atoms with Crippen LogP contribution < -0.4 is 4.72 Å². The summed E-state index contributed by atoms with van der Waals surface area (Å²) in [4.78, 5) is 0. The van der Waals surface area contributed by atoms with Gasteiger partial charge in [-0.25, -0.2) is 13.1 Å². The zero-order chi connectivity index (χ0) is 12.9. The number of unbranched alkanes of at least 4 members (excludes halogenated alkanes) is 1. The molecule has 5 heteroatoms. The summed E-state index contributed by atoms with van der Waals surface area (Å²) in [6.07, 6.45) is 4.18. The van der Waals surface area contributed by atoms with Crippen LogP contribution >= 0.6 is 0 Å². The molecule has 0 radical (unpaired) electrons. The fraction of sp³-hybridized carbons (Fsp3) is 1.00. The van der Waals surface area contributed by atoms with E-state index < -0.39 is 10.0 Å². The molecule has 2 unspecified atom stereocenters. The van der Waals surface area contributed by atoms with Crippen molar-refractivity contribution in [3.8, 4) is 0 Å². The van der Waals surface area contributed by atoms with Crippen LogP contribution in [0.5, 0.6) is 0 Å². The Hall–Kier alpha value is -0.130. The van der Waals surface area contributed by atoms with E-state index in [1.54, 1.807) is 0 Å².